The molecule has 0 aromatic heterocycles. The number of amides is 1. The van der Waals surface area contributed by atoms with Crippen molar-refractivity contribution in [1.82, 2.24) is 4.90 Å². The second-order valence-electron chi connectivity index (χ2n) is 3.80. The molecule has 0 heterocycles. The minimum atomic E-state index is -0.189. The van der Waals surface area contributed by atoms with Gasteiger partial charge in [-0.3, -0.25) is 4.79 Å². The van der Waals surface area contributed by atoms with Crippen LogP contribution in [0.5, 0.6) is 5.75 Å². The number of carbonyl (C=O) groups excluding carboxylic acids is 1. The predicted octanol–water partition coefficient (Wildman–Crippen LogP) is 0.530. The molecule has 1 rings (SSSR count). The number of benzene rings is 1. The predicted molar refractivity (Wildman–Crippen MR) is 67.5 cm³/mol. The van der Waals surface area contributed by atoms with Gasteiger partial charge in [-0.1, -0.05) is 23.4 Å². The van der Waals surface area contributed by atoms with Crippen LogP contribution in [0.4, 0.5) is 0 Å². The molecule has 1 aromatic rings. The maximum Gasteiger partial charge on any atom is 0.227 e. The molecule has 0 aliphatic carbocycles. The first-order valence-electron chi connectivity index (χ1n) is 5.59. The summed E-state index contributed by atoms with van der Waals surface area (Å²) in [6.45, 7) is 2.31. The molecule has 6 nitrogen and oxygen atoms in total. The summed E-state index contributed by atoms with van der Waals surface area (Å²) in [7, 11) is 0. The highest BCUT2D eigenvalue weighted by Gasteiger charge is 2.15. The zero-order valence-electron chi connectivity index (χ0n) is 10.2. The fraction of sp³-hybridized carbons (Fsp3) is 0.333. The van der Waals surface area contributed by atoms with Crippen LogP contribution >= 0.6 is 0 Å². The lowest BCUT2D eigenvalue weighted by molar-refractivity contribution is -0.129. The Hall–Kier alpha value is -2.24. The first kappa shape index (κ1) is 13.8. The Labute approximate surface area is 105 Å². The van der Waals surface area contributed by atoms with Crippen LogP contribution in [0.1, 0.15) is 12.5 Å². The van der Waals surface area contributed by atoms with Crippen LogP contribution in [0.25, 0.3) is 0 Å². The maximum atomic E-state index is 12.0. The monoisotopic (exact) mass is 251 g/mol. The van der Waals surface area contributed by atoms with E-state index in [1.165, 1.54) is 11.0 Å². The number of phenols is 1. The number of likely N-dealkylation sites (N-methyl/N-ethyl adjacent to an activating group) is 1. The highest BCUT2D eigenvalue weighted by Crippen LogP contribution is 2.16. The van der Waals surface area contributed by atoms with Gasteiger partial charge in [0.05, 0.1) is 13.0 Å². The number of para-hydroxylation sites is 1. The SMILES string of the molecule is CCN(C/C(N)=N/O)C(=O)Cc1ccccc1O. The van der Waals surface area contributed by atoms with Gasteiger partial charge in [-0.05, 0) is 13.0 Å². The van der Waals surface area contributed by atoms with Gasteiger partial charge in [-0.25, -0.2) is 0 Å². The minimum Gasteiger partial charge on any atom is -0.508 e. The molecule has 0 aliphatic rings. The van der Waals surface area contributed by atoms with Crippen LogP contribution in [-0.2, 0) is 11.2 Å². The fourth-order valence-electron chi connectivity index (χ4n) is 1.54. The molecule has 0 aliphatic heterocycles. The van der Waals surface area contributed by atoms with E-state index in [1.807, 2.05) is 0 Å². The van der Waals surface area contributed by atoms with E-state index >= 15 is 0 Å². The Balaban J connectivity index is 2.71. The van der Waals surface area contributed by atoms with Gasteiger partial charge in [-0.15, -0.1) is 0 Å². The highest BCUT2D eigenvalue weighted by atomic mass is 16.4. The van der Waals surface area contributed by atoms with Crippen molar-refractivity contribution in [1.29, 1.82) is 0 Å². The standard InChI is InChI=1S/C12H17N3O3/c1-2-15(8-11(13)14-18)12(17)7-9-5-3-4-6-10(9)16/h3-6,16,18H,2,7-8H2,1H3,(H2,13,14). The van der Waals surface area contributed by atoms with E-state index in [-0.39, 0.29) is 30.5 Å². The number of amidine groups is 1. The van der Waals surface area contributed by atoms with E-state index in [0.29, 0.717) is 12.1 Å². The number of hydrogen-bond acceptors (Lipinski definition) is 4. The molecule has 18 heavy (non-hydrogen) atoms. The Bertz CT molecular complexity index is 446. The van der Waals surface area contributed by atoms with Gasteiger partial charge < -0.3 is 20.9 Å². The summed E-state index contributed by atoms with van der Waals surface area (Å²) in [5, 5.41) is 20.9. The van der Waals surface area contributed by atoms with Crippen LogP contribution in [0.2, 0.25) is 0 Å². The van der Waals surface area contributed by atoms with E-state index < -0.39 is 0 Å². The van der Waals surface area contributed by atoms with E-state index in [0.717, 1.165) is 0 Å². The Morgan fingerprint density at radius 1 is 1.44 bits per heavy atom. The van der Waals surface area contributed by atoms with Gasteiger partial charge in [0.25, 0.3) is 0 Å². The topological polar surface area (TPSA) is 99.1 Å². The number of nitrogens with two attached hydrogens (primary N) is 1. The largest absolute Gasteiger partial charge is 0.508 e. The van der Waals surface area contributed by atoms with Gasteiger partial charge in [0.2, 0.25) is 5.91 Å². The van der Waals surface area contributed by atoms with Crippen molar-refractivity contribution in [3.63, 3.8) is 0 Å². The molecular formula is C12H17N3O3. The lowest BCUT2D eigenvalue weighted by Crippen LogP contribution is -2.39. The van der Waals surface area contributed by atoms with Crippen molar-refractivity contribution >= 4 is 11.7 Å². The molecule has 0 radical (unpaired) electrons. The minimum absolute atomic E-state index is 0.0255. The third-order valence-corrected chi connectivity index (χ3v) is 2.55. The van der Waals surface area contributed by atoms with Crippen molar-refractivity contribution in [2.45, 2.75) is 13.3 Å². The van der Waals surface area contributed by atoms with Crippen LogP contribution in [-0.4, -0.2) is 40.0 Å². The first-order valence-corrected chi connectivity index (χ1v) is 5.59. The van der Waals surface area contributed by atoms with Gasteiger partial charge >= 0.3 is 0 Å². The summed E-state index contributed by atoms with van der Waals surface area (Å²) in [5.41, 5.74) is 5.92. The van der Waals surface area contributed by atoms with E-state index in [4.69, 9.17) is 10.9 Å². The summed E-state index contributed by atoms with van der Waals surface area (Å²) in [5.74, 6) is -0.126. The number of rotatable bonds is 5. The smallest absolute Gasteiger partial charge is 0.227 e. The summed E-state index contributed by atoms with van der Waals surface area (Å²) in [6.07, 6.45) is 0.0826. The third kappa shape index (κ3) is 3.65. The van der Waals surface area contributed by atoms with Gasteiger partial charge in [-0.2, -0.15) is 0 Å². The van der Waals surface area contributed by atoms with Crippen LogP contribution in [0, 0.1) is 0 Å². The van der Waals surface area contributed by atoms with Crippen LogP contribution < -0.4 is 5.73 Å². The fourth-order valence-corrected chi connectivity index (χ4v) is 1.54. The summed E-state index contributed by atoms with van der Waals surface area (Å²) in [4.78, 5) is 13.4. The molecular weight excluding hydrogens is 234 g/mol. The Morgan fingerprint density at radius 2 is 2.11 bits per heavy atom. The lowest BCUT2D eigenvalue weighted by atomic mass is 10.1. The molecule has 6 heteroatoms. The second kappa shape index (κ2) is 6.48. The molecule has 4 N–H and O–H groups in total. The average molecular weight is 251 g/mol. The highest BCUT2D eigenvalue weighted by molar-refractivity contribution is 5.87. The van der Waals surface area contributed by atoms with Crippen molar-refractivity contribution in [3.05, 3.63) is 29.8 Å². The molecule has 0 atom stereocenters. The van der Waals surface area contributed by atoms with Crippen LogP contribution in [0.15, 0.2) is 29.4 Å². The number of phenolic OH excluding ortho intramolecular Hbond substituents is 1. The molecule has 0 saturated heterocycles. The molecule has 0 saturated carbocycles. The second-order valence-corrected chi connectivity index (χ2v) is 3.80. The zero-order valence-corrected chi connectivity index (χ0v) is 10.2. The molecule has 0 fully saturated rings. The van der Waals surface area contributed by atoms with Gasteiger partial charge in [0.15, 0.2) is 5.84 Å². The molecule has 0 spiro atoms. The van der Waals surface area contributed by atoms with Crippen molar-refractivity contribution < 1.29 is 15.1 Å². The number of hydrogen-bond donors (Lipinski definition) is 3. The molecule has 0 unspecified atom stereocenters. The Morgan fingerprint density at radius 3 is 2.67 bits per heavy atom. The average Bonchev–Trinajstić information content (AvgIpc) is 2.38. The van der Waals surface area contributed by atoms with Crippen molar-refractivity contribution in [2.24, 2.45) is 10.9 Å². The number of oxime groups is 1. The van der Waals surface area contributed by atoms with Gasteiger partial charge in [0, 0.05) is 12.1 Å². The van der Waals surface area contributed by atoms with E-state index in [1.54, 1.807) is 25.1 Å². The quantitative estimate of drug-likeness (QED) is 0.307. The van der Waals surface area contributed by atoms with Crippen LogP contribution in [0.3, 0.4) is 0 Å². The van der Waals surface area contributed by atoms with Crippen molar-refractivity contribution in [2.75, 3.05) is 13.1 Å². The summed E-state index contributed by atoms with van der Waals surface area (Å²) >= 11 is 0. The number of carbonyl (C=O) groups is 1. The normalized spacial score (nSPS) is 11.3. The molecule has 1 aromatic carbocycles. The van der Waals surface area contributed by atoms with E-state index in [2.05, 4.69) is 5.16 Å². The first-order chi connectivity index (χ1) is 8.58. The summed E-state index contributed by atoms with van der Waals surface area (Å²) < 4.78 is 0. The molecule has 0 bridgehead atoms. The Kier molecular flexibility index (Phi) is 4.98. The summed E-state index contributed by atoms with van der Waals surface area (Å²) in [6, 6.07) is 6.66. The van der Waals surface area contributed by atoms with Gasteiger partial charge in [0.1, 0.15) is 5.75 Å². The van der Waals surface area contributed by atoms with E-state index in [9.17, 15) is 9.90 Å². The molecule has 98 valence electrons. The molecule has 1 amide bonds. The number of aromatic hydroxyl groups is 1. The number of nitrogens with zero attached hydrogens (tertiary/aromatic N) is 2. The zero-order chi connectivity index (χ0) is 13.5. The third-order valence-electron chi connectivity index (χ3n) is 2.55. The van der Waals surface area contributed by atoms with Crippen molar-refractivity contribution in [3.8, 4) is 5.75 Å². The lowest BCUT2D eigenvalue weighted by Gasteiger charge is -2.20. The maximum absolute atomic E-state index is 12.0.